The molecule has 0 amide bonds. The number of hydrogen-bond acceptors (Lipinski definition) is 5. The van der Waals surface area contributed by atoms with Gasteiger partial charge in [0, 0.05) is 18.3 Å². The summed E-state index contributed by atoms with van der Waals surface area (Å²) in [5.74, 6) is 0.429. The Morgan fingerprint density at radius 1 is 1.12 bits per heavy atom. The lowest BCUT2D eigenvalue weighted by Crippen LogP contribution is -2.41. The molecule has 142 valence electrons. The molecule has 2 rings (SSSR count). The first-order valence-corrected chi connectivity index (χ1v) is 11.5. The van der Waals surface area contributed by atoms with Crippen molar-refractivity contribution < 1.29 is 16.8 Å². The van der Waals surface area contributed by atoms with Crippen LogP contribution in [0.5, 0.6) is 0 Å². The van der Waals surface area contributed by atoms with E-state index in [1.54, 1.807) is 26.0 Å². The Bertz CT molecular complexity index is 783. The molecule has 1 aromatic carbocycles. The summed E-state index contributed by atoms with van der Waals surface area (Å²) >= 11 is 0. The lowest BCUT2D eigenvalue weighted by molar-refractivity contribution is 0.323. The molecule has 0 spiro atoms. The summed E-state index contributed by atoms with van der Waals surface area (Å²) in [6, 6.07) is 6.45. The van der Waals surface area contributed by atoms with E-state index in [9.17, 15) is 16.8 Å². The molecule has 4 N–H and O–H groups in total. The van der Waals surface area contributed by atoms with Crippen molar-refractivity contribution >= 4 is 25.7 Å². The van der Waals surface area contributed by atoms with Gasteiger partial charge in [0.25, 0.3) is 0 Å². The van der Waals surface area contributed by atoms with Crippen LogP contribution in [0.25, 0.3) is 0 Å². The fourth-order valence-electron chi connectivity index (χ4n) is 2.90. The highest BCUT2D eigenvalue weighted by Crippen LogP contribution is 2.26. The highest BCUT2D eigenvalue weighted by Gasteiger charge is 2.26. The lowest BCUT2D eigenvalue weighted by atomic mass is 9.86. The van der Waals surface area contributed by atoms with E-state index < -0.39 is 25.3 Å². The van der Waals surface area contributed by atoms with Gasteiger partial charge in [-0.15, -0.1) is 0 Å². The molecule has 0 aromatic heterocycles. The van der Waals surface area contributed by atoms with E-state index >= 15 is 0 Å². The predicted octanol–water partition coefficient (Wildman–Crippen LogP) is 1.63. The molecule has 7 nitrogen and oxygen atoms in total. The summed E-state index contributed by atoms with van der Waals surface area (Å²) in [6.07, 6.45) is 3.48. The van der Waals surface area contributed by atoms with Gasteiger partial charge in [-0.1, -0.05) is 6.07 Å². The van der Waals surface area contributed by atoms with E-state index in [4.69, 9.17) is 5.14 Å². The number of anilines is 1. The number of nitrogens with one attached hydrogen (secondary N) is 2. The number of rotatable bonds is 7. The summed E-state index contributed by atoms with van der Waals surface area (Å²) in [7, 11) is -6.93. The van der Waals surface area contributed by atoms with Crippen LogP contribution in [0.3, 0.4) is 0 Å². The lowest BCUT2D eigenvalue weighted by Gasteiger charge is -2.29. The third kappa shape index (κ3) is 5.95. The SMILES string of the molecule is CC(C)S(=O)(=O)NC1CCC(CNc2cccc(S(N)(=O)=O)c2)CC1. The van der Waals surface area contributed by atoms with Gasteiger partial charge in [-0.2, -0.15) is 0 Å². The third-order valence-electron chi connectivity index (χ3n) is 4.56. The minimum atomic E-state index is -3.71. The van der Waals surface area contributed by atoms with E-state index in [-0.39, 0.29) is 10.9 Å². The first kappa shape index (κ1) is 20.2. The van der Waals surface area contributed by atoms with Gasteiger partial charge in [0.1, 0.15) is 0 Å². The molecule has 0 unspecified atom stereocenters. The van der Waals surface area contributed by atoms with Crippen LogP contribution < -0.4 is 15.2 Å². The fourth-order valence-corrected chi connectivity index (χ4v) is 4.43. The Balaban J connectivity index is 1.83. The zero-order valence-electron chi connectivity index (χ0n) is 14.6. The molecule has 0 heterocycles. The fraction of sp³-hybridized carbons (Fsp3) is 0.625. The van der Waals surface area contributed by atoms with Crippen LogP contribution >= 0.6 is 0 Å². The monoisotopic (exact) mass is 389 g/mol. The Labute approximate surface area is 150 Å². The molecule has 0 radical (unpaired) electrons. The first-order chi connectivity index (χ1) is 11.6. The maximum Gasteiger partial charge on any atom is 0.238 e. The van der Waals surface area contributed by atoms with Crippen LogP contribution in [0, 0.1) is 5.92 Å². The van der Waals surface area contributed by atoms with Gasteiger partial charge in [-0.25, -0.2) is 26.7 Å². The summed E-state index contributed by atoms with van der Waals surface area (Å²) in [6.45, 7) is 4.07. The van der Waals surface area contributed by atoms with Gasteiger partial charge in [-0.05, 0) is 63.6 Å². The summed E-state index contributed by atoms with van der Waals surface area (Å²) < 4.78 is 49.4. The molecular formula is C16H27N3O4S2. The molecule has 1 fully saturated rings. The maximum absolute atomic E-state index is 11.9. The van der Waals surface area contributed by atoms with Crippen molar-refractivity contribution in [2.24, 2.45) is 11.1 Å². The second kappa shape index (κ2) is 8.03. The van der Waals surface area contributed by atoms with Crippen molar-refractivity contribution in [3.05, 3.63) is 24.3 Å². The summed E-state index contributed by atoms with van der Waals surface area (Å²) in [5.41, 5.74) is 0.717. The Morgan fingerprint density at radius 2 is 1.76 bits per heavy atom. The van der Waals surface area contributed by atoms with E-state index in [1.165, 1.54) is 12.1 Å². The Morgan fingerprint density at radius 3 is 2.32 bits per heavy atom. The van der Waals surface area contributed by atoms with E-state index in [0.717, 1.165) is 32.2 Å². The smallest absolute Gasteiger partial charge is 0.238 e. The average Bonchev–Trinajstić information content (AvgIpc) is 2.53. The molecule has 0 bridgehead atoms. The molecular weight excluding hydrogens is 362 g/mol. The predicted molar refractivity (Wildman–Crippen MR) is 99.2 cm³/mol. The van der Waals surface area contributed by atoms with Crippen LogP contribution in [-0.4, -0.2) is 34.7 Å². The highest BCUT2D eigenvalue weighted by molar-refractivity contribution is 7.90. The number of hydrogen-bond donors (Lipinski definition) is 3. The topological polar surface area (TPSA) is 118 Å². The molecule has 25 heavy (non-hydrogen) atoms. The van der Waals surface area contributed by atoms with Gasteiger partial charge < -0.3 is 5.32 Å². The number of sulfonamides is 2. The average molecular weight is 390 g/mol. The summed E-state index contributed by atoms with van der Waals surface area (Å²) in [5, 5.41) is 7.97. The Kier molecular flexibility index (Phi) is 6.47. The number of nitrogens with two attached hydrogens (primary N) is 1. The van der Waals surface area contributed by atoms with Crippen molar-refractivity contribution in [2.45, 2.75) is 55.7 Å². The normalized spacial score (nSPS) is 22.1. The van der Waals surface area contributed by atoms with Gasteiger partial charge in [-0.3, -0.25) is 0 Å². The van der Waals surface area contributed by atoms with Crippen LogP contribution in [0.2, 0.25) is 0 Å². The standard InChI is InChI=1S/C16H27N3O4S2/c1-12(2)25(22,23)19-14-8-6-13(7-9-14)11-18-15-4-3-5-16(10-15)24(17,20)21/h3-5,10,12-14,18-19H,6-9,11H2,1-2H3,(H2,17,20,21). The summed E-state index contributed by atoms with van der Waals surface area (Å²) in [4.78, 5) is 0.0873. The number of primary sulfonamides is 1. The van der Waals surface area contributed by atoms with Gasteiger partial charge in [0.05, 0.1) is 10.1 Å². The molecule has 0 atom stereocenters. The van der Waals surface area contributed by atoms with Crippen molar-refractivity contribution in [1.29, 1.82) is 0 Å². The molecule has 1 saturated carbocycles. The van der Waals surface area contributed by atoms with Crippen molar-refractivity contribution in [1.82, 2.24) is 4.72 Å². The minimum absolute atomic E-state index is 0.00867. The highest BCUT2D eigenvalue weighted by atomic mass is 32.2. The molecule has 1 aromatic rings. The zero-order chi connectivity index (χ0) is 18.7. The van der Waals surface area contributed by atoms with Gasteiger partial charge in [0.2, 0.25) is 20.0 Å². The zero-order valence-corrected chi connectivity index (χ0v) is 16.2. The molecule has 1 aliphatic rings. The molecule has 0 saturated heterocycles. The molecule has 9 heteroatoms. The Hall–Kier alpha value is -1.16. The van der Waals surface area contributed by atoms with Crippen LogP contribution in [0.1, 0.15) is 39.5 Å². The second-order valence-electron chi connectivity index (χ2n) is 6.88. The molecule has 0 aliphatic heterocycles. The maximum atomic E-state index is 11.9. The van der Waals surface area contributed by atoms with Crippen molar-refractivity contribution in [3.8, 4) is 0 Å². The molecule has 1 aliphatic carbocycles. The van der Waals surface area contributed by atoms with E-state index in [2.05, 4.69) is 10.0 Å². The van der Waals surface area contributed by atoms with Crippen molar-refractivity contribution in [2.75, 3.05) is 11.9 Å². The van der Waals surface area contributed by atoms with E-state index in [1.807, 2.05) is 0 Å². The van der Waals surface area contributed by atoms with E-state index in [0.29, 0.717) is 11.6 Å². The second-order valence-corrected chi connectivity index (χ2v) is 10.7. The first-order valence-electron chi connectivity index (χ1n) is 8.46. The van der Waals surface area contributed by atoms with Crippen molar-refractivity contribution in [3.63, 3.8) is 0 Å². The van der Waals surface area contributed by atoms with Gasteiger partial charge >= 0.3 is 0 Å². The number of benzene rings is 1. The van der Waals surface area contributed by atoms with Gasteiger partial charge in [0.15, 0.2) is 0 Å². The quantitative estimate of drug-likeness (QED) is 0.655. The van der Waals surface area contributed by atoms with Crippen LogP contribution in [0.4, 0.5) is 5.69 Å². The largest absolute Gasteiger partial charge is 0.385 e. The van der Waals surface area contributed by atoms with Crippen LogP contribution in [0.15, 0.2) is 29.2 Å². The van der Waals surface area contributed by atoms with Crippen LogP contribution in [-0.2, 0) is 20.0 Å². The minimum Gasteiger partial charge on any atom is -0.385 e. The third-order valence-corrected chi connectivity index (χ3v) is 7.37.